The summed E-state index contributed by atoms with van der Waals surface area (Å²) in [7, 11) is 0. The Hall–Kier alpha value is -1.14. The van der Waals surface area contributed by atoms with Gasteiger partial charge in [0.05, 0.1) is 5.56 Å². The fourth-order valence-corrected chi connectivity index (χ4v) is 2.77. The van der Waals surface area contributed by atoms with E-state index < -0.39 is 0 Å². The van der Waals surface area contributed by atoms with Gasteiger partial charge in [0.1, 0.15) is 0 Å². The SMILES string of the molecule is CC1CCC(C)N(C(=O)c2cc(Br)cnc2NN)C1. The average molecular weight is 327 g/mol. The summed E-state index contributed by atoms with van der Waals surface area (Å²) in [5.41, 5.74) is 3.00. The first-order valence-electron chi connectivity index (χ1n) is 6.46. The van der Waals surface area contributed by atoms with Crippen LogP contribution in [0.15, 0.2) is 16.7 Å². The predicted molar refractivity (Wildman–Crippen MR) is 78.6 cm³/mol. The van der Waals surface area contributed by atoms with Crippen molar-refractivity contribution in [1.29, 1.82) is 0 Å². The molecule has 19 heavy (non-hydrogen) atoms. The van der Waals surface area contributed by atoms with Crippen LogP contribution in [0.5, 0.6) is 0 Å². The Morgan fingerprint density at radius 2 is 2.26 bits per heavy atom. The average Bonchev–Trinajstić information content (AvgIpc) is 2.40. The van der Waals surface area contributed by atoms with E-state index in [1.807, 2.05) is 4.90 Å². The maximum atomic E-state index is 12.7. The third-order valence-electron chi connectivity index (χ3n) is 3.60. The molecule has 5 nitrogen and oxygen atoms in total. The first kappa shape index (κ1) is 14.3. The van der Waals surface area contributed by atoms with Crippen molar-refractivity contribution in [3.8, 4) is 0 Å². The highest BCUT2D eigenvalue weighted by Gasteiger charge is 2.29. The van der Waals surface area contributed by atoms with Gasteiger partial charge in [-0.1, -0.05) is 6.92 Å². The summed E-state index contributed by atoms with van der Waals surface area (Å²) in [5.74, 6) is 6.37. The van der Waals surface area contributed by atoms with Crippen molar-refractivity contribution in [2.24, 2.45) is 11.8 Å². The normalized spacial score (nSPS) is 23.3. The van der Waals surface area contributed by atoms with Crippen LogP contribution in [0, 0.1) is 5.92 Å². The van der Waals surface area contributed by atoms with Crippen LogP contribution in [0.2, 0.25) is 0 Å². The Morgan fingerprint density at radius 1 is 1.53 bits per heavy atom. The molecule has 1 aliphatic rings. The van der Waals surface area contributed by atoms with Gasteiger partial charge in [-0.2, -0.15) is 0 Å². The topological polar surface area (TPSA) is 71.2 Å². The van der Waals surface area contributed by atoms with Crippen LogP contribution in [0.1, 0.15) is 37.0 Å². The molecular formula is C13H19BrN4O. The first-order chi connectivity index (χ1) is 9.02. The van der Waals surface area contributed by atoms with Crippen LogP contribution in [0.25, 0.3) is 0 Å². The number of hydrazine groups is 1. The van der Waals surface area contributed by atoms with Gasteiger partial charge >= 0.3 is 0 Å². The lowest BCUT2D eigenvalue weighted by molar-refractivity contribution is 0.0574. The number of nitrogens with zero attached hydrogens (tertiary/aromatic N) is 2. The molecule has 2 heterocycles. The van der Waals surface area contributed by atoms with Crippen LogP contribution in [-0.2, 0) is 0 Å². The minimum atomic E-state index is -0.0131. The molecule has 0 radical (unpaired) electrons. The lowest BCUT2D eigenvalue weighted by Gasteiger charge is -2.37. The lowest BCUT2D eigenvalue weighted by Crippen LogP contribution is -2.45. The summed E-state index contributed by atoms with van der Waals surface area (Å²) >= 11 is 3.34. The second-order valence-electron chi connectivity index (χ2n) is 5.18. The van der Waals surface area contributed by atoms with Crippen molar-refractivity contribution >= 4 is 27.7 Å². The van der Waals surface area contributed by atoms with Crippen molar-refractivity contribution in [2.45, 2.75) is 32.7 Å². The van der Waals surface area contributed by atoms with Gasteiger partial charge in [0.2, 0.25) is 0 Å². The molecule has 0 saturated carbocycles. The highest BCUT2D eigenvalue weighted by Crippen LogP contribution is 2.26. The molecule has 1 amide bonds. The molecule has 1 aliphatic heterocycles. The van der Waals surface area contributed by atoms with E-state index in [0.717, 1.165) is 17.4 Å². The van der Waals surface area contributed by atoms with Crippen LogP contribution in [0.4, 0.5) is 5.82 Å². The summed E-state index contributed by atoms with van der Waals surface area (Å²) in [6, 6.07) is 2.02. The molecule has 1 saturated heterocycles. The highest BCUT2D eigenvalue weighted by atomic mass is 79.9. The van der Waals surface area contributed by atoms with Crippen molar-refractivity contribution in [3.05, 3.63) is 22.3 Å². The van der Waals surface area contributed by atoms with E-state index in [-0.39, 0.29) is 11.9 Å². The molecule has 1 aromatic heterocycles. The molecule has 2 unspecified atom stereocenters. The number of rotatable bonds is 2. The number of carbonyl (C=O) groups excluding carboxylic acids is 1. The Kier molecular flexibility index (Phi) is 4.42. The highest BCUT2D eigenvalue weighted by molar-refractivity contribution is 9.10. The smallest absolute Gasteiger partial charge is 0.257 e. The number of aromatic nitrogens is 1. The number of nitrogens with one attached hydrogen (secondary N) is 1. The summed E-state index contributed by atoms with van der Waals surface area (Å²) in [6.07, 6.45) is 3.83. The fourth-order valence-electron chi connectivity index (χ4n) is 2.44. The molecule has 0 aromatic carbocycles. The second-order valence-corrected chi connectivity index (χ2v) is 6.10. The van der Waals surface area contributed by atoms with Gasteiger partial charge in [-0.3, -0.25) is 4.79 Å². The fraction of sp³-hybridized carbons (Fsp3) is 0.538. The number of carbonyl (C=O) groups is 1. The Bertz CT molecular complexity index is 480. The van der Waals surface area contributed by atoms with E-state index in [9.17, 15) is 4.79 Å². The molecule has 104 valence electrons. The van der Waals surface area contributed by atoms with Crippen molar-refractivity contribution in [3.63, 3.8) is 0 Å². The monoisotopic (exact) mass is 326 g/mol. The van der Waals surface area contributed by atoms with E-state index in [2.05, 4.69) is 40.2 Å². The molecule has 1 fully saturated rings. The minimum Gasteiger partial charge on any atom is -0.336 e. The number of nitrogens with two attached hydrogens (primary N) is 1. The quantitative estimate of drug-likeness (QED) is 0.646. The van der Waals surface area contributed by atoms with Gasteiger partial charge < -0.3 is 10.3 Å². The first-order valence-corrected chi connectivity index (χ1v) is 7.25. The predicted octanol–water partition coefficient (Wildman–Crippen LogP) is 2.39. The lowest BCUT2D eigenvalue weighted by atomic mass is 9.94. The number of hydrogen-bond donors (Lipinski definition) is 2. The molecule has 2 rings (SSSR count). The molecule has 2 atom stereocenters. The van der Waals surface area contributed by atoms with Gasteiger partial charge in [-0.15, -0.1) is 0 Å². The van der Waals surface area contributed by atoms with Crippen molar-refractivity contribution < 1.29 is 4.79 Å². The molecule has 1 aromatic rings. The maximum Gasteiger partial charge on any atom is 0.257 e. The van der Waals surface area contributed by atoms with Gasteiger partial charge in [0.15, 0.2) is 5.82 Å². The van der Waals surface area contributed by atoms with E-state index in [1.54, 1.807) is 12.3 Å². The number of piperidine rings is 1. The zero-order valence-corrected chi connectivity index (χ0v) is 12.8. The van der Waals surface area contributed by atoms with Crippen LogP contribution in [-0.4, -0.2) is 28.4 Å². The number of nitrogen functional groups attached to an aromatic ring is 1. The number of halogens is 1. The zero-order chi connectivity index (χ0) is 14.0. The Balaban J connectivity index is 2.30. The van der Waals surface area contributed by atoms with Crippen LogP contribution >= 0.6 is 15.9 Å². The molecule has 0 bridgehead atoms. The van der Waals surface area contributed by atoms with E-state index >= 15 is 0 Å². The molecule has 0 aliphatic carbocycles. The third-order valence-corrected chi connectivity index (χ3v) is 4.03. The van der Waals surface area contributed by atoms with Gasteiger partial charge in [0.25, 0.3) is 5.91 Å². The second kappa shape index (κ2) is 5.88. The Morgan fingerprint density at radius 3 is 2.95 bits per heavy atom. The van der Waals surface area contributed by atoms with Crippen molar-refractivity contribution in [2.75, 3.05) is 12.0 Å². The van der Waals surface area contributed by atoms with Gasteiger partial charge in [0, 0.05) is 23.3 Å². The van der Waals surface area contributed by atoms with E-state index in [1.165, 1.54) is 6.42 Å². The van der Waals surface area contributed by atoms with Gasteiger partial charge in [-0.25, -0.2) is 10.8 Å². The third kappa shape index (κ3) is 3.06. The summed E-state index contributed by atoms with van der Waals surface area (Å²) in [4.78, 5) is 18.7. The number of amides is 1. The van der Waals surface area contributed by atoms with Crippen molar-refractivity contribution in [1.82, 2.24) is 9.88 Å². The minimum absolute atomic E-state index is 0.0131. The number of hydrogen-bond acceptors (Lipinski definition) is 4. The van der Waals surface area contributed by atoms with E-state index in [4.69, 9.17) is 5.84 Å². The number of pyridine rings is 1. The van der Waals surface area contributed by atoms with E-state index in [0.29, 0.717) is 17.3 Å². The molecule has 0 spiro atoms. The zero-order valence-electron chi connectivity index (χ0n) is 11.2. The molecule has 3 N–H and O–H groups in total. The molecule has 6 heteroatoms. The largest absolute Gasteiger partial charge is 0.336 e. The van der Waals surface area contributed by atoms with Crippen LogP contribution in [0.3, 0.4) is 0 Å². The Labute approximate surface area is 121 Å². The summed E-state index contributed by atoms with van der Waals surface area (Å²) in [5, 5.41) is 0. The standard InChI is InChI=1S/C13H19BrN4O/c1-8-3-4-9(2)18(7-8)13(19)11-5-10(14)6-16-12(11)17-15/h5-6,8-9H,3-4,7,15H2,1-2H3,(H,16,17). The number of anilines is 1. The van der Waals surface area contributed by atoms with Gasteiger partial charge in [-0.05, 0) is 47.7 Å². The molecular weight excluding hydrogens is 308 g/mol. The number of likely N-dealkylation sites (tertiary alicyclic amines) is 1. The maximum absolute atomic E-state index is 12.7. The van der Waals surface area contributed by atoms with Crippen LogP contribution < -0.4 is 11.3 Å². The summed E-state index contributed by atoms with van der Waals surface area (Å²) < 4.78 is 0.771. The summed E-state index contributed by atoms with van der Waals surface area (Å²) in [6.45, 7) is 5.05.